The topological polar surface area (TPSA) is 50.1 Å². The fraction of sp³-hybridized carbons (Fsp3) is 0.600. The van der Waals surface area contributed by atoms with E-state index in [1.807, 2.05) is 11.8 Å². The smallest absolute Gasteiger partial charge is 0.0682 e. The van der Waals surface area contributed by atoms with Gasteiger partial charge in [-0.2, -0.15) is 0 Å². The number of allylic oxidation sites excluding steroid dienone is 1. The lowest BCUT2D eigenvalue weighted by atomic mass is 9.78. The molecule has 4 N–H and O–H groups in total. The Hall–Kier alpha value is -0.610. The van der Waals surface area contributed by atoms with Crippen LogP contribution in [-0.4, -0.2) is 19.0 Å². The molecule has 1 aliphatic carbocycles. The van der Waals surface area contributed by atoms with Gasteiger partial charge in [0.1, 0.15) is 0 Å². The van der Waals surface area contributed by atoms with Crippen LogP contribution in [0.4, 0.5) is 0 Å². The third-order valence-electron chi connectivity index (χ3n) is 3.43. The van der Waals surface area contributed by atoms with Crippen LogP contribution >= 0.6 is 11.8 Å². The van der Waals surface area contributed by atoms with Crippen LogP contribution in [0.2, 0.25) is 0 Å². The molecular weight excluding hydrogens is 194 g/mol. The van der Waals surface area contributed by atoms with Crippen molar-refractivity contribution in [1.29, 1.82) is 0 Å². The average molecular weight is 209 g/mol. The van der Waals surface area contributed by atoms with Crippen LogP contribution in [-0.2, 0) is 0 Å². The van der Waals surface area contributed by atoms with Crippen LogP contribution in [0.15, 0.2) is 22.4 Å². The molecule has 76 valence electrons. The Labute approximate surface area is 88.2 Å². The first-order chi connectivity index (χ1) is 6.82. The van der Waals surface area contributed by atoms with Crippen molar-refractivity contribution in [3.05, 3.63) is 22.4 Å². The quantitative estimate of drug-likeness (QED) is 0.550. The molecule has 3 nitrogen and oxygen atoms in total. The van der Waals surface area contributed by atoms with E-state index < -0.39 is 0 Å². The molecule has 0 amide bonds. The largest absolute Gasteiger partial charge is 0.400 e. The van der Waals surface area contributed by atoms with E-state index in [2.05, 4.69) is 16.7 Å². The third kappa shape index (κ3) is 1.04. The van der Waals surface area contributed by atoms with Crippen LogP contribution in [0.3, 0.4) is 0 Å². The van der Waals surface area contributed by atoms with E-state index in [4.69, 9.17) is 5.73 Å². The zero-order valence-corrected chi connectivity index (χ0v) is 8.91. The lowest BCUT2D eigenvalue weighted by molar-refractivity contribution is 0.323. The van der Waals surface area contributed by atoms with Crippen LogP contribution < -0.4 is 16.4 Å². The minimum atomic E-state index is 0.177. The number of hydrogen-bond donors (Lipinski definition) is 3. The van der Waals surface area contributed by atoms with Gasteiger partial charge in [0.15, 0.2) is 0 Å². The van der Waals surface area contributed by atoms with E-state index >= 15 is 0 Å². The van der Waals surface area contributed by atoms with Crippen LogP contribution in [0.5, 0.6) is 0 Å². The summed E-state index contributed by atoms with van der Waals surface area (Å²) in [6, 6.07) is 0. The lowest BCUT2D eigenvalue weighted by Crippen LogP contribution is -2.38. The Morgan fingerprint density at radius 2 is 2.14 bits per heavy atom. The monoisotopic (exact) mass is 209 g/mol. The maximum Gasteiger partial charge on any atom is 0.0682 e. The molecule has 0 aromatic heterocycles. The van der Waals surface area contributed by atoms with Gasteiger partial charge in [-0.15, -0.1) is 11.8 Å². The van der Waals surface area contributed by atoms with Crippen molar-refractivity contribution in [2.24, 2.45) is 11.1 Å². The number of hydrogen-bond acceptors (Lipinski definition) is 4. The second-order valence-electron chi connectivity index (χ2n) is 4.17. The summed E-state index contributed by atoms with van der Waals surface area (Å²) in [7, 11) is 0. The third-order valence-corrected chi connectivity index (χ3v) is 4.35. The van der Waals surface area contributed by atoms with E-state index in [0.29, 0.717) is 0 Å². The first-order valence-corrected chi connectivity index (χ1v) is 6.11. The second-order valence-corrected chi connectivity index (χ2v) is 5.19. The summed E-state index contributed by atoms with van der Waals surface area (Å²) in [5.74, 6) is 0.982. The predicted octanol–water partition coefficient (Wildman–Crippen LogP) is 0.718. The molecule has 0 aromatic rings. The molecular formula is C10H15N3S. The van der Waals surface area contributed by atoms with E-state index in [9.17, 15) is 0 Å². The van der Waals surface area contributed by atoms with E-state index in [1.54, 1.807) is 0 Å². The van der Waals surface area contributed by atoms with Crippen LogP contribution in [0, 0.1) is 5.41 Å². The molecule has 2 saturated heterocycles. The van der Waals surface area contributed by atoms with Crippen molar-refractivity contribution in [2.75, 3.05) is 19.0 Å². The molecule has 1 spiro atoms. The maximum atomic E-state index is 6.25. The first-order valence-electron chi connectivity index (χ1n) is 5.13. The highest BCUT2D eigenvalue weighted by atomic mass is 32.2. The van der Waals surface area contributed by atoms with Crippen molar-refractivity contribution in [2.45, 2.75) is 12.8 Å². The highest BCUT2D eigenvalue weighted by molar-refractivity contribution is 8.03. The van der Waals surface area contributed by atoms with Crippen molar-refractivity contribution >= 4 is 11.8 Å². The Bertz CT molecular complexity index is 326. The number of nitrogens with one attached hydrogen (secondary N) is 2. The molecule has 0 radical (unpaired) electrons. The molecule has 0 atom stereocenters. The summed E-state index contributed by atoms with van der Waals surface area (Å²) in [5, 5.41) is 6.76. The predicted molar refractivity (Wildman–Crippen MR) is 59.4 cm³/mol. The van der Waals surface area contributed by atoms with Gasteiger partial charge in [0, 0.05) is 16.0 Å². The average Bonchev–Trinajstić information content (AvgIpc) is 2.73. The summed E-state index contributed by atoms with van der Waals surface area (Å²) < 4.78 is 0. The van der Waals surface area contributed by atoms with E-state index in [0.717, 1.165) is 37.5 Å². The van der Waals surface area contributed by atoms with Crippen LogP contribution in [0.1, 0.15) is 12.8 Å². The number of rotatable bonds is 0. The molecule has 3 rings (SSSR count). The molecule has 0 unspecified atom stereocenters. The summed E-state index contributed by atoms with van der Waals surface area (Å²) in [6.45, 7) is 2.17. The standard InChI is InChI=1S/C10H15N3S/c11-9-8-7(14-6-13-8)5-10(9)1-3-12-4-2-10/h5,12-13H,1-4,6,11H2. The second kappa shape index (κ2) is 2.94. The summed E-state index contributed by atoms with van der Waals surface area (Å²) >= 11 is 1.88. The minimum absolute atomic E-state index is 0.177. The molecule has 2 fully saturated rings. The van der Waals surface area contributed by atoms with Gasteiger partial charge in [0.05, 0.1) is 11.6 Å². The maximum absolute atomic E-state index is 6.25. The number of nitrogens with two attached hydrogens (primary N) is 1. The minimum Gasteiger partial charge on any atom is -0.400 e. The van der Waals surface area contributed by atoms with E-state index in [1.165, 1.54) is 10.6 Å². The zero-order chi connectivity index (χ0) is 9.60. The molecule has 0 saturated carbocycles. The Morgan fingerprint density at radius 1 is 1.36 bits per heavy atom. The van der Waals surface area contributed by atoms with Gasteiger partial charge in [-0.1, -0.05) is 6.08 Å². The van der Waals surface area contributed by atoms with Gasteiger partial charge in [-0.05, 0) is 25.9 Å². The van der Waals surface area contributed by atoms with Crippen molar-refractivity contribution in [3.8, 4) is 0 Å². The number of thioether (sulfide) groups is 1. The highest BCUT2D eigenvalue weighted by Crippen LogP contribution is 2.48. The molecule has 0 bridgehead atoms. The summed E-state index contributed by atoms with van der Waals surface area (Å²) in [5.41, 5.74) is 8.73. The Balaban J connectivity index is 2.00. The molecule has 2 heterocycles. The van der Waals surface area contributed by atoms with Crippen LogP contribution in [0.25, 0.3) is 0 Å². The highest BCUT2D eigenvalue weighted by Gasteiger charge is 2.41. The van der Waals surface area contributed by atoms with E-state index in [-0.39, 0.29) is 5.41 Å². The molecule has 14 heavy (non-hydrogen) atoms. The SMILES string of the molecule is NC1=C2NCSC2=CC12CCNCC2. The first kappa shape index (κ1) is 8.68. The Morgan fingerprint density at radius 3 is 2.86 bits per heavy atom. The molecule has 4 heteroatoms. The van der Waals surface area contributed by atoms with Gasteiger partial charge < -0.3 is 16.4 Å². The van der Waals surface area contributed by atoms with Gasteiger partial charge in [0.2, 0.25) is 0 Å². The lowest BCUT2D eigenvalue weighted by Gasteiger charge is -2.33. The molecule has 0 aromatic carbocycles. The fourth-order valence-corrected chi connectivity index (χ4v) is 3.56. The molecule has 3 aliphatic rings. The van der Waals surface area contributed by atoms with Gasteiger partial charge in [-0.25, -0.2) is 0 Å². The van der Waals surface area contributed by atoms with Gasteiger partial charge in [0.25, 0.3) is 0 Å². The van der Waals surface area contributed by atoms with Gasteiger partial charge >= 0.3 is 0 Å². The zero-order valence-electron chi connectivity index (χ0n) is 8.10. The van der Waals surface area contributed by atoms with Crippen molar-refractivity contribution < 1.29 is 0 Å². The molecule has 2 aliphatic heterocycles. The fourth-order valence-electron chi connectivity index (χ4n) is 2.55. The van der Waals surface area contributed by atoms with Crippen molar-refractivity contribution in [1.82, 2.24) is 10.6 Å². The van der Waals surface area contributed by atoms with Gasteiger partial charge in [-0.3, -0.25) is 0 Å². The van der Waals surface area contributed by atoms with Crippen molar-refractivity contribution in [3.63, 3.8) is 0 Å². The number of fused-ring (bicyclic) bond motifs is 1. The summed E-state index contributed by atoms with van der Waals surface area (Å²) in [4.78, 5) is 1.38. The Kier molecular flexibility index (Phi) is 1.82. The summed E-state index contributed by atoms with van der Waals surface area (Å²) in [6.07, 6.45) is 4.69. The normalized spacial score (nSPS) is 29.0. The number of piperidine rings is 1.